The Morgan fingerprint density at radius 2 is 2.11 bits per heavy atom. The van der Waals surface area contributed by atoms with E-state index in [1.165, 1.54) is 10.9 Å². The molecule has 4 nitrogen and oxygen atoms in total. The second-order valence-electron chi connectivity index (χ2n) is 4.98. The smallest absolute Gasteiger partial charge is 0.0920 e. The number of hydrogen-bond acceptors (Lipinski definition) is 3. The van der Waals surface area contributed by atoms with Crippen molar-refractivity contribution in [2.75, 3.05) is 7.05 Å². The molecule has 0 bridgehead atoms. The molecular weight excluding hydrogens is 236 g/mol. The van der Waals surface area contributed by atoms with E-state index in [4.69, 9.17) is 11.1 Å². The maximum absolute atomic E-state index is 7.37. The first-order valence-electron chi connectivity index (χ1n) is 6.43. The summed E-state index contributed by atoms with van der Waals surface area (Å²) in [7, 11) is 2.06. The molecule has 1 unspecified atom stereocenters. The third-order valence-corrected chi connectivity index (χ3v) is 3.43. The first-order chi connectivity index (χ1) is 9.08. The van der Waals surface area contributed by atoms with Gasteiger partial charge in [0.15, 0.2) is 0 Å². The molecule has 0 amide bonds. The van der Waals surface area contributed by atoms with Crippen molar-refractivity contribution in [2.24, 2.45) is 5.73 Å². The third-order valence-electron chi connectivity index (χ3n) is 3.43. The van der Waals surface area contributed by atoms with Crippen LogP contribution < -0.4 is 5.73 Å². The molecule has 19 heavy (non-hydrogen) atoms. The fourth-order valence-corrected chi connectivity index (χ4v) is 2.19. The average molecular weight is 256 g/mol. The minimum atomic E-state index is 0.235. The lowest BCUT2D eigenvalue weighted by Gasteiger charge is -2.24. The maximum Gasteiger partial charge on any atom is 0.0920 e. The zero-order valence-electron chi connectivity index (χ0n) is 11.4. The number of benzene rings is 1. The Morgan fingerprint density at radius 1 is 1.37 bits per heavy atom. The fraction of sp³-hybridized carbons (Fsp3) is 0.333. The number of aromatic nitrogens is 1. The summed E-state index contributed by atoms with van der Waals surface area (Å²) in [5.41, 5.74) is 7.74. The lowest BCUT2D eigenvalue weighted by molar-refractivity contribution is 0.255. The van der Waals surface area contributed by atoms with Crippen LogP contribution in [0.5, 0.6) is 0 Å². The largest absolute Gasteiger partial charge is 0.388 e. The van der Waals surface area contributed by atoms with Crippen molar-refractivity contribution < 1.29 is 0 Å². The third kappa shape index (κ3) is 3.29. The molecule has 100 valence electrons. The van der Waals surface area contributed by atoms with Crippen LogP contribution in [0.25, 0.3) is 10.9 Å². The highest BCUT2D eigenvalue weighted by molar-refractivity contribution is 5.81. The average Bonchev–Trinajstić information content (AvgIpc) is 2.38. The molecule has 0 aliphatic rings. The van der Waals surface area contributed by atoms with Crippen molar-refractivity contribution in [3.8, 4) is 0 Å². The molecule has 2 rings (SSSR count). The SMILES string of the molecule is CC(CC(=N)N)N(C)Cc1ccnc2ccccc12. The Balaban J connectivity index is 2.19. The van der Waals surface area contributed by atoms with Gasteiger partial charge in [0.1, 0.15) is 0 Å². The number of para-hydroxylation sites is 1. The van der Waals surface area contributed by atoms with Gasteiger partial charge in [-0.05, 0) is 31.7 Å². The van der Waals surface area contributed by atoms with Crippen molar-refractivity contribution in [3.05, 3.63) is 42.1 Å². The number of amidine groups is 1. The van der Waals surface area contributed by atoms with Gasteiger partial charge in [-0.15, -0.1) is 0 Å². The van der Waals surface area contributed by atoms with E-state index in [9.17, 15) is 0 Å². The van der Waals surface area contributed by atoms with Crippen LogP contribution in [0, 0.1) is 5.41 Å². The molecule has 0 spiro atoms. The monoisotopic (exact) mass is 256 g/mol. The van der Waals surface area contributed by atoms with E-state index in [2.05, 4.69) is 36.0 Å². The highest BCUT2D eigenvalue weighted by Crippen LogP contribution is 2.18. The summed E-state index contributed by atoms with van der Waals surface area (Å²) in [6.45, 7) is 2.92. The molecule has 2 aromatic rings. The van der Waals surface area contributed by atoms with E-state index in [1.807, 2.05) is 24.4 Å². The second kappa shape index (κ2) is 5.80. The van der Waals surface area contributed by atoms with Crippen LogP contribution in [-0.4, -0.2) is 28.8 Å². The van der Waals surface area contributed by atoms with E-state index in [-0.39, 0.29) is 11.9 Å². The zero-order chi connectivity index (χ0) is 13.8. The fourth-order valence-electron chi connectivity index (χ4n) is 2.19. The Morgan fingerprint density at radius 3 is 2.84 bits per heavy atom. The summed E-state index contributed by atoms with van der Waals surface area (Å²) in [6.07, 6.45) is 2.45. The molecule has 1 aromatic carbocycles. The van der Waals surface area contributed by atoms with Gasteiger partial charge in [0.2, 0.25) is 0 Å². The van der Waals surface area contributed by atoms with Gasteiger partial charge in [-0.1, -0.05) is 18.2 Å². The standard InChI is InChI=1S/C15H20N4/c1-11(9-15(16)17)19(2)10-12-7-8-18-14-6-4-3-5-13(12)14/h3-8,11H,9-10H2,1-2H3,(H3,16,17). The molecule has 0 fully saturated rings. The molecule has 1 heterocycles. The van der Waals surface area contributed by atoms with E-state index in [1.54, 1.807) is 0 Å². The normalized spacial score (nSPS) is 12.8. The van der Waals surface area contributed by atoms with E-state index in [0.29, 0.717) is 6.42 Å². The Labute approximate surface area is 113 Å². The Hall–Kier alpha value is -1.94. The number of hydrogen-bond donors (Lipinski definition) is 2. The van der Waals surface area contributed by atoms with Crippen molar-refractivity contribution in [1.29, 1.82) is 5.41 Å². The predicted octanol–water partition coefficient (Wildman–Crippen LogP) is 2.38. The van der Waals surface area contributed by atoms with E-state index >= 15 is 0 Å². The molecule has 0 saturated heterocycles. The summed E-state index contributed by atoms with van der Waals surface area (Å²) in [6, 6.07) is 10.5. The van der Waals surface area contributed by atoms with Crippen LogP contribution in [0.15, 0.2) is 36.5 Å². The number of nitrogens with zero attached hydrogens (tertiary/aromatic N) is 2. The van der Waals surface area contributed by atoms with Gasteiger partial charge in [0, 0.05) is 30.6 Å². The summed E-state index contributed by atoms with van der Waals surface area (Å²) >= 11 is 0. The molecule has 1 aromatic heterocycles. The number of nitrogens with one attached hydrogen (secondary N) is 1. The van der Waals surface area contributed by atoms with Gasteiger partial charge in [0.25, 0.3) is 0 Å². The van der Waals surface area contributed by atoms with Crippen LogP contribution in [0.1, 0.15) is 18.9 Å². The molecule has 0 saturated carbocycles. The summed E-state index contributed by atoms with van der Waals surface area (Å²) < 4.78 is 0. The first kappa shape index (κ1) is 13.5. The van der Waals surface area contributed by atoms with Crippen molar-refractivity contribution in [1.82, 2.24) is 9.88 Å². The highest BCUT2D eigenvalue weighted by atomic mass is 15.1. The quantitative estimate of drug-likeness (QED) is 0.637. The Bertz CT molecular complexity index is 574. The minimum absolute atomic E-state index is 0.235. The summed E-state index contributed by atoms with van der Waals surface area (Å²) in [4.78, 5) is 6.58. The lowest BCUT2D eigenvalue weighted by atomic mass is 10.1. The number of pyridine rings is 1. The predicted molar refractivity (Wildman–Crippen MR) is 79.2 cm³/mol. The van der Waals surface area contributed by atoms with Crippen LogP contribution in [0.3, 0.4) is 0 Å². The lowest BCUT2D eigenvalue weighted by Crippen LogP contribution is -2.32. The molecule has 1 atom stereocenters. The van der Waals surface area contributed by atoms with Gasteiger partial charge >= 0.3 is 0 Å². The molecule has 3 N–H and O–H groups in total. The summed E-state index contributed by atoms with van der Waals surface area (Å²) in [5, 5.41) is 8.56. The topological polar surface area (TPSA) is 66.0 Å². The van der Waals surface area contributed by atoms with Gasteiger partial charge in [-0.2, -0.15) is 0 Å². The number of rotatable bonds is 5. The molecule has 0 radical (unpaired) electrons. The van der Waals surface area contributed by atoms with Crippen molar-refractivity contribution in [3.63, 3.8) is 0 Å². The second-order valence-corrected chi connectivity index (χ2v) is 4.98. The van der Waals surface area contributed by atoms with Gasteiger partial charge < -0.3 is 5.73 Å². The molecule has 0 aliphatic carbocycles. The van der Waals surface area contributed by atoms with Crippen LogP contribution in [0.4, 0.5) is 0 Å². The van der Waals surface area contributed by atoms with Crippen LogP contribution >= 0.6 is 0 Å². The molecular formula is C15H20N4. The van der Waals surface area contributed by atoms with Gasteiger partial charge in [0.05, 0.1) is 11.4 Å². The zero-order valence-corrected chi connectivity index (χ0v) is 11.4. The molecule has 4 heteroatoms. The maximum atomic E-state index is 7.37. The minimum Gasteiger partial charge on any atom is -0.388 e. The number of fused-ring (bicyclic) bond motifs is 1. The first-order valence-corrected chi connectivity index (χ1v) is 6.43. The summed E-state index contributed by atoms with van der Waals surface area (Å²) in [5.74, 6) is 0.235. The molecule has 0 aliphatic heterocycles. The Kier molecular flexibility index (Phi) is 4.12. The van der Waals surface area contributed by atoms with Crippen molar-refractivity contribution >= 4 is 16.7 Å². The van der Waals surface area contributed by atoms with E-state index < -0.39 is 0 Å². The highest BCUT2D eigenvalue weighted by Gasteiger charge is 2.12. The van der Waals surface area contributed by atoms with E-state index in [0.717, 1.165) is 12.1 Å². The van der Waals surface area contributed by atoms with Crippen LogP contribution in [0.2, 0.25) is 0 Å². The van der Waals surface area contributed by atoms with Crippen molar-refractivity contribution in [2.45, 2.75) is 25.9 Å². The van der Waals surface area contributed by atoms with Gasteiger partial charge in [-0.25, -0.2) is 0 Å². The van der Waals surface area contributed by atoms with Crippen LogP contribution in [-0.2, 0) is 6.54 Å². The van der Waals surface area contributed by atoms with Gasteiger partial charge in [-0.3, -0.25) is 15.3 Å². The number of nitrogens with two attached hydrogens (primary N) is 1.